The van der Waals surface area contributed by atoms with Gasteiger partial charge in [-0.25, -0.2) is 0 Å². The number of aromatic nitrogens is 2. The molecule has 2 N–H and O–H groups in total. The molecule has 0 amide bonds. The summed E-state index contributed by atoms with van der Waals surface area (Å²) in [5.74, 6) is 0.868. The van der Waals surface area contributed by atoms with E-state index in [0.29, 0.717) is 12.6 Å². The summed E-state index contributed by atoms with van der Waals surface area (Å²) in [5.41, 5.74) is 9.74. The lowest BCUT2D eigenvalue weighted by atomic mass is 10.1. The summed E-state index contributed by atoms with van der Waals surface area (Å²) in [5, 5.41) is 4.61. The van der Waals surface area contributed by atoms with Gasteiger partial charge in [-0.3, -0.25) is 4.68 Å². The van der Waals surface area contributed by atoms with Gasteiger partial charge in [-0.15, -0.1) is 0 Å². The molecule has 114 valence electrons. The van der Waals surface area contributed by atoms with Crippen molar-refractivity contribution in [1.29, 1.82) is 0 Å². The second kappa shape index (κ2) is 6.66. The topological polar surface area (TPSA) is 53.1 Å². The van der Waals surface area contributed by atoms with E-state index in [1.807, 2.05) is 42.9 Å². The molecule has 0 aliphatic carbocycles. The molecule has 1 heterocycles. The van der Waals surface area contributed by atoms with Crippen LogP contribution in [0.1, 0.15) is 49.6 Å². The number of hydrogen-bond acceptors (Lipinski definition) is 3. The zero-order valence-electron chi connectivity index (χ0n) is 13.4. The third kappa shape index (κ3) is 3.38. The molecule has 1 aromatic carbocycles. The third-order valence-electron chi connectivity index (χ3n) is 3.99. The van der Waals surface area contributed by atoms with Crippen molar-refractivity contribution in [1.82, 2.24) is 9.78 Å². The Morgan fingerprint density at radius 3 is 2.57 bits per heavy atom. The number of aryl methyl sites for hydroxylation is 1. The van der Waals surface area contributed by atoms with E-state index in [9.17, 15) is 0 Å². The average molecular weight is 287 g/mol. The van der Waals surface area contributed by atoms with Crippen LogP contribution in [0.25, 0.3) is 0 Å². The number of hydrogen-bond donors (Lipinski definition) is 1. The number of rotatable bonds is 6. The molecule has 0 aliphatic heterocycles. The number of nitrogen functional groups attached to an aromatic ring is 1. The van der Waals surface area contributed by atoms with Crippen molar-refractivity contribution in [3.8, 4) is 5.75 Å². The molecule has 0 aliphatic rings. The van der Waals surface area contributed by atoms with Crippen molar-refractivity contribution in [2.45, 2.75) is 53.2 Å². The van der Waals surface area contributed by atoms with Crippen LogP contribution in [0.3, 0.4) is 0 Å². The summed E-state index contributed by atoms with van der Waals surface area (Å²) in [7, 11) is 0. The Hall–Kier alpha value is -1.97. The van der Waals surface area contributed by atoms with Crippen LogP contribution in [0.2, 0.25) is 0 Å². The van der Waals surface area contributed by atoms with Crippen molar-refractivity contribution in [3.63, 3.8) is 0 Å². The number of anilines is 1. The normalized spacial score (nSPS) is 11.1. The molecule has 0 fully saturated rings. The molecule has 1 aromatic heterocycles. The zero-order valence-corrected chi connectivity index (χ0v) is 13.4. The SMILES string of the molecule is CCC(CC)n1ccc(COc2c(C)ccc(N)c2C)n1. The maximum absolute atomic E-state index is 5.94. The largest absolute Gasteiger partial charge is 0.487 e. The Labute approximate surface area is 126 Å². The summed E-state index contributed by atoms with van der Waals surface area (Å²) < 4.78 is 7.98. The molecule has 21 heavy (non-hydrogen) atoms. The number of nitrogens with two attached hydrogens (primary N) is 1. The summed E-state index contributed by atoms with van der Waals surface area (Å²) in [6.07, 6.45) is 4.22. The highest BCUT2D eigenvalue weighted by atomic mass is 16.5. The van der Waals surface area contributed by atoms with Crippen molar-refractivity contribution in [2.75, 3.05) is 5.73 Å². The highest BCUT2D eigenvalue weighted by Crippen LogP contribution is 2.28. The summed E-state index contributed by atoms with van der Waals surface area (Å²) in [6, 6.07) is 6.39. The van der Waals surface area contributed by atoms with Gasteiger partial charge in [0, 0.05) is 17.4 Å². The van der Waals surface area contributed by atoms with E-state index in [0.717, 1.165) is 41.1 Å². The Kier molecular flexibility index (Phi) is 4.89. The van der Waals surface area contributed by atoms with Crippen LogP contribution >= 0.6 is 0 Å². The maximum Gasteiger partial charge on any atom is 0.132 e. The fraction of sp³-hybridized carbons (Fsp3) is 0.471. The lowest BCUT2D eigenvalue weighted by Gasteiger charge is -2.14. The maximum atomic E-state index is 5.94. The van der Waals surface area contributed by atoms with Gasteiger partial charge in [0.1, 0.15) is 12.4 Å². The monoisotopic (exact) mass is 287 g/mol. The van der Waals surface area contributed by atoms with Gasteiger partial charge in [0.25, 0.3) is 0 Å². The first-order valence-corrected chi connectivity index (χ1v) is 7.59. The van der Waals surface area contributed by atoms with Gasteiger partial charge in [0.05, 0.1) is 11.7 Å². The highest BCUT2D eigenvalue weighted by Gasteiger charge is 2.10. The van der Waals surface area contributed by atoms with Gasteiger partial charge in [0.2, 0.25) is 0 Å². The number of nitrogens with zero attached hydrogens (tertiary/aromatic N) is 2. The molecule has 0 bridgehead atoms. The molecule has 0 atom stereocenters. The zero-order chi connectivity index (χ0) is 15.4. The van der Waals surface area contributed by atoms with Crippen LogP contribution < -0.4 is 10.5 Å². The van der Waals surface area contributed by atoms with Gasteiger partial charge in [-0.05, 0) is 44.4 Å². The van der Waals surface area contributed by atoms with E-state index in [-0.39, 0.29) is 0 Å². The molecule has 0 radical (unpaired) electrons. The minimum atomic E-state index is 0.467. The molecule has 0 saturated heterocycles. The molecule has 2 rings (SSSR count). The van der Waals surface area contributed by atoms with Crippen molar-refractivity contribution in [2.24, 2.45) is 0 Å². The first kappa shape index (κ1) is 15.4. The first-order valence-electron chi connectivity index (χ1n) is 7.59. The van der Waals surface area contributed by atoms with Crippen molar-refractivity contribution >= 4 is 5.69 Å². The summed E-state index contributed by atoms with van der Waals surface area (Å²) in [4.78, 5) is 0. The van der Waals surface area contributed by atoms with Crippen molar-refractivity contribution in [3.05, 3.63) is 41.2 Å². The van der Waals surface area contributed by atoms with E-state index < -0.39 is 0 Å². The Bertz CT molecular complexity index is 600. The predicted molar refractivity (Wildman–Crippen MR) is 86.5 cm³/mol. The predicted octanol–water partition coefficient (Wildman–Crippen LogP) is 4.02. The molecule has 2 aromatic rings. The van der Waals surface area contributed by atoms with Crippen LogP contribution in [-0.2, 0) is 6.61 Å². The second-order valence-electron chi connectivity index (χ2n) is 5.47. The van der Waals surface area contributed by atoms with E-state index in [2.05, 4.69) is 18.9 Å². The second-order valence-corrected chi connectivity index (χ2v) is 5.47. The van der Waals surface area contributed by atoms with E-state index in [1.54, 1.807) is 0 Å². The smallest absolute Gasteiger partial charge is 0.132 e. The molecule has 0 unspecified atom stereocenters. The average Bonchev–Trinajstić information content (AvgIpc) is 2.93. The molecule has 0 spiro atoms. The summed E-state index contributed by atoms with van der Waals surface area (Å²) >= 11 is 0. The fourth-order valence-electron chi connectivity index (χ4n) is 2.53. The van der Waals surface area contributed by atoms with Crippen LogP contribution in [0.5, 0.6) is 5.75 Å². The molecular weight excluding hydrogens is 262 g/mol. The molecule has 4 heteroatoms. The minimum absolute atomic E-state index is 0.467. The standard InChI is InChI=1S/C17H25N3O/c1-5-15(6-2)20-10-9-14(19-20)11-21-17-12(3)7-8-16(18)13(17)4/h7-10,15H,5-6,11,18H2,1-4H3. The lowest BCUT2D eigenvalue weighted by Crippen LogP contribution is -2.08. The van der Waals surface area contributed by atoms with Gasteiger partial charge < -0.3 is 10.5 Å². The van der Waals surface area contributed by atoms with Crippen LogP contribution in [0.4, 0.5) is 5.69 Å². The van der Waals surface area contributed by atoms with Gasteiger partial charge in [-0.2, -0.15) is 5.10 Å². The quantitative estimate of drug-likeness (QED) is 0.816. The van der Waals surface area contributed by atoms with Gasteiger partial charge in [-0.1, -0.05) is 19.9 Å². The molecule has 0 saturated carbocycles. The fourth-order valence-corrected chi connectivity index (χ4v) is 2.53. The van der Waals surface area contributed by atoms with Crippen LogP contribution in [0, 0.1) is 13.8 Å². The molecule has 4 nitrogen and oxygen atoms in total. The number of ether oxygens (including phenoxy) is 1. The van der Waals surface area contributed by atoms with Gasteiger partial charge >= 0.3 is 0 Å². The van der Waals surface area contributed by atoms with E-state index in [4.69, 9.17) is 10.5 Å². The molecular formula is C17H25N3O. The van der Waals surface area contributed by atoms with E-state index in [1.165, 1.54) is 0 Å². The third-order valence-corrected chi connectivity index (χ3v) is 3.99. The van der Waals surface area contributed by atoms with Crippen molar-refractivity contribution < 1.29 is 4.74 Å². The Morgan fingerprint density at radius 2 is 1.90 bits per heavy atom. The van der Waals surface area contributed by atoms with E-state index >= 15 is 0 Å². The minimum Gasteiger partial charge on any atom is -0.487 e. The van der Waals surface area contributed by atoms with Crippen LogP contribution in [-0.4, -0.2) is 9.78 Å². The Morgan fingerprint density at radius 1 is 1.19 bits per heavy atom. The Balaban J connectivity index is 2.09. The van der Waals surface area contributed by atoms with Gasteiger partial charge in [0.15, 0.2) is 0 Å². The van der Waals surface area contributed by atoms with Crippen LogP contribution in [0.15, 0.2) is 24.4 Å². The highest BCUT2D eigenvalue weighted by molar-refractivity contribution is 5.56. The first-order chi connectivity index (χ1) is 10.1. The lowest BCUT2D eigenvalue weighted by molar-refractivity contribution is 0.293. The summed E-state index contributed by atoms with van der Waals surface area (Å²) in [6.45, 7) is 8.86. The number of benzene rings is 1.